The Hall–Kier alpha value is -1.15. The predicted octanol–water partition coefficient (Wildman–Crippen LogP) is 3.92. The highest BCUT2D eigenvalue weighted by atomic mass is 16.1. The molecule has 0 bridgehead atoms. The number of Topliss-reactive ketones (excluding diaryl/α,β-unsaturated/α-hetero) is 1. The largest absolute Gasteiger partial charge is 0.316 e. The van der Waals surface area contributed by atoms with Crippen molar-refractivity contribution in [3.8, 4) is 0 Å². The van der Waals surface area contributed by atoms with E-state index in [9.17, 15) is 4.79 Å². The number of ketones is 1. The van der Waals surface area contributed by atoms with Crippen molar-refractivity contribution in [2.24, 2.45) is 5.92 Å². The van der Waals surface area contributed by atoms with E-state index in [0.717, 1.165) is 31.0 Å². The van der Waals surface area contributed by atoms with Crippen LogP contribution in [0.4, 0.5) is 0 Å². The Morgan fingerprint density at radius 1 is 1.10 bits per heavy atom. The predicted molar refractivity (Wildman–Crippen MR) is 82.2 cm³/mol. The van der Waals surface area contributed by atoms with Gasteiger partial charge in [-0.15, -0.1) is 0 Å². The summed E-state index contributed by atoms with van der Waals surface area (Å²) in [7, 11) is 0. The van der Waals surface area contributed by atoms with Crippen molar-refractivity contribution in [2.75, 3.05) is 13.1 Å². The summed E-state index contributed by atoms with van der Waals surface area (Å²) in [6.07, 6.45) is 8.28. The van der Waals surface area contributed by atoms with Gasteiger partial charge in [0.1, 0.15) is 0 Å². The molecule has 2 aliphatic rings. The maximum absolute atomic E-state index is 12.2. The normalized spacial score (nSPS) is 23.3. The third kappa shape index (κ3) is 3.29. The van der Waals surface area contributed by atoms with Gasteiger partial charge in [0.2, 0.25) is 0 Å². The Labute approximate surface area is 122 Å². The van der Waals surface area contributed by atoms with E-state index in [2.05, 4.69) is 17.4 Å². The van der Waals surface area contributed by atoms with E-state index in [4.69, 9.17) is 0 Å². The third-order valence-electron chi connectivity index (χ3n) is 4.99. The summed E-state index contributed by atoms with van der Waals surface area (Å²) in [5.41, 5.74) is 2.32. The van der Waals surface area contributed by atoms with Crippen molar-refractivity contribution in [1.29, 1.82) is 0 Å². The lowest BCUT2D eigenvalue weighted by molar-refractivity contribution is 0.0971. The van der Waals surface area contributed by atoms with E-state index in [0.29, 0.717) is 18.1 Å². The molecule has 1 heterocycles. The second-order valence-corrected chi connectivity index (χ2v) is 6.42. The zero-order valence-electron chi connectivity index (χ0n) is 12.2. The summed E-state index contributed by atoms with van der Waals surface area (Å²) < 4.78 is 0. The van der Waals surface area contributed by atoms with Gasteiger partial charge in [0.25, 0.3) is 0 Å². The fourth-order valence-electron chi connectivity index (χ4n) is 3.33. The van der Waals surface area contributed by atoms with Crippen LogP contribution in [0.15, 0.2) is 24.3 Å². The first-order valence-corrected chi connectivity index (χ1v) is 8.17. The first kappa shape index (κ1) is 13.8. The monoisotopic (exact) mass is 271 g/mol. The fourth-order valence-corrected chi connectivity index (χ4v) is 3.33. The number of rotatable bonds is 5. The minimum atomic E-state index is 0.315. The van der Waals surface area contributed by atoms with Crippen LogP contribution >= 0.6 is 0 Å². The summed E-state index contributed by atoms with van der Waals surface area (Å²) in [6.45, 7) is 2.24. The number of benzene rings is 1. The standard InChI is InChI=1S/C18H25NO/c20-18(11-6-14-3-2-12-19-13-14)17-9-7-16(8-10-17)15-4-1-5-15/h7-10,14-15,19H,1-6,11-13H2. The molecule has 3 rings (SSSR count). The Balaban J connectivity index is 1.51. The van der Waals surface area contributed by atoms with Crippen LogP contribution in [0.5, 0.6) is 0 Å². The molecule has 0 spiro atoms. The van der Waals surface area contributed by atoms with Gasteiger partial charge < -0.3 is 5.32 Å². The number of carbonyl (C=O) groups is 1. The summed E-state index contributed by atoms with van der Waals surface area (Å²) in [5.74, 6) is 1.77. The Bertz CT molecular complexity index is 441. The molecular formula is C18H25NO. The molecule has 1 unspecified atom stereocenters. The first-order valence-electron chi connectivity index (χ1n) is 8.17. The molecular weight excluding hydrogens is 246 g/mol. The second kappa shape index (κ2) is 6.53. The van der Waals surface area contributed by atoms with Gasteiger partial charge >= 0.3 is 0 Å². The van der Waals surface area contributed by atoms with Gasteiger partial charge in [0.05, 0.1) is 0 Å². The molecule has 1 saturated carbocycles. The van der Waals surface area contributed by atoms with Gasteiger partial charge in [-0.1, -0.05) is 30.7 Å². The number of hydrogen-bond donors (Lipinski definition) is 1. The molecule has 2 nitrogen and oxygen atoms in total. The number of nitrogens with one attached hydrogen (secondary N) is 1. The van der Waals surface area contributed by atoms with Gasteiger partial charge in [0, 0.05) is 12.0 Å². The molecule has 2 heteroatoms. The molecule has 0 aromatic heterocycles. The van der Waals surface area contributed by atoms with E-state index in [1.807, 2.05) is 12.1 Å². The van der Waals surface area contributed by atoms with Crippen molar-refractivity contribution in [1.82, 2.24) is 5.32 Å². The van der Waals surface area contributed by atoms with E-state index in [-0.39, 0.29) is 0 Å². The summed E-state index contributed by atoms with van der Waals surface area (Å²) in [6, 6.07) is 8.41. The quantitative estimate of drug-likeness (QED) is 0.822. The molecule has 1 aromatic carbocycles. The molecule has 20 heavy (non-hydrogen) atoms. The Kier molecular flexibility index (Phi) is 4.51. The van der Waals surface area contributed by atoms with Crippen LogP contribution in [0.1, 0.15) is 66.8 Å². The lowest BCUT2D eigenvalue weighted by Gasteiger charge is -2.25. The third-order valence-corrected chi connectivity index (χ3v) is 4.99. The highest BCUT2D eigenvalue weighted by Crippen LogP contribution is 2.36. The summed E-state index contributed by atoms with van der Waals surface area (Å²) >= 11 is 0. The highest BCUT2D eigenvalue weighted by Gasteiger charge is 2.20. The zero-order chi connectivity index (χ0) is 13.8. The van der Waals surface area contributed by atoms with Crippen molar-refractivity contribution in [2.45, 2.75) is 50.9 Å². The Morgan fingerprint density at radius 3 is 2.50 bits per heavy atom. The van der Waals surface area contributed by atoms with Gasteiger partial charge in [-0.25, -0.2) is 0 Å². The molecule has 108 valence electrons. The molecule has 1 atom stereocenters. The molecule has 1 aromatic rings. The number of hydrogen-bond acceptors (Lipinski definition) is 2. The van der Waals surface area contributed by atoms with Gasteiger partial charge in [-0.3, -0.25) is 4.79 Å². The lowest BCUT2D eigenvalue weighted by Crippen LogP contribution is -2.30. The second-order valence-electron chi connectivity index (χ2n) is 6.42. The lowest BCUT2D eigenvalue weighted by atomic mass is 9.80. The van der Waals surface area contributed by atoms with Crippen LogP contribution in [0, 0.1) is 5.92 Å². The van der Waals surface area contributed by atoms with Crippen LogP contribution in [0.3, 0.4) is 0 Å². The van der Waals surface area contributed by atoms with Gasteiger partial charge in [0.15, 0.2) is 5.78 Å². The van der Waals surface area contributed by atoms with E-state index < -0.39 is 0 Å². The van der Waals surface area contributed by atoms with Crippen molar-refractivity contribution < 1.29 is 4.79 Å². The van der Waals surface area contributed by atoms with Crippen LogP contribution in [0.25, 0.3) is 0 Å². The van der Waals surface area contributed by atoms with E-state index >= 15 is 0 Å². The van der Waals surface area contributed by atoms with Crippen LogP contribution in [0.2, 0.25) is 0 Å². The fraction of sp³-hybridized carbons (Fsp3) is 0.611. The smallest absolute Gasteiger partial charge is 0.162 e. The average Bonchev–Trinajstić information content (AvgIpc) is 2.45. The summed E-state index contributed by atoms with van der Waals surface area (Å²) in [4.78, 5) is 12.2. The molecule has 1 N–H and O–H groups in total. The number of piperidine rings is 1. The average molecular weight is 271 g/mol. The number of carbonyl (C=O) groups excluding carboxylic acids is 1. The Morgan fingerprint density at radius 2 is 1.90 bits per heavy atom. The highest BCUT2D eigenvalue weighted by molar-refractivity contribution is 5.96. The molecule has 2 fully saturated rings. The molecule has 1 saturated heterocycles. The maximum Gasteiger partial charge on any atom is 0.162 e. The topological polar surface area (TPSA) is 29.1 Å². The van der Waals surface area contributed by atoms with Crippen molar-refractivity contribution in [3.05, 3.63) is 35.4 Å². The maximum atomic E-state index is 12.2. The zero-order valence-corrected chi connectivity index (χ0v) is 12.2. The van der Waals surface area contributed by atoms with Gasteiger partial charge in [-0.05, 0) is 62.6 Å². The van der Waals surface area contributed by atoms with Gasteiger partial charge in [-0.2, -0.15) is 0 Å². The minimum absolute atomic E-state index is 0.315. The van der Waals surface area contributed by atoms with Crippen molar-refractivity contribution in [3.63, 3.8) is 0 Å². The van der Waals surface area contributed by atoms with Crippen LogP contribution in [-0.4, -0.2) is 18.9 Å². The molecule has 1 aliphatic carbocycles. The molecule has 1 aliphatic heterocycles. The molecule has 0 amide bonds. The van der Waals surface area contributed by atoms with Crippen molar-refractivity contribution >= 4 is 5.78 Å². The SMILES string of the molecule is O=C(CCC1CCCNC1)c1ccc(C2CCC2)cc1. The summed E-state index contributed by atoms with van der Waals surface area (Å²) in [5, 5.41) is 3.42. The minimum Gasteiger partial charge on any atom is -0.316 e. The van der Waals surface area contributed by atoms with E-state index in [1.54, 1.807) is 0 Å². The van der Waals surface area contributed by atoms with E-state index in [1.165, 1.54) is 37.7 Å². The van der Waals surface area contributed by atoms with Crippen LogP contribution < -0.4 is 5.32 Å². The molecule has 0 radical (unpaired) electrons. The first-order chi connectivity index (χ1) is 9.83. The van der Waals surface area contributed by atoms with Crippen LogP contribution in [-0.2, 0) is 0 Å².